The average molecular weight is 278 g/mol. The van der Waals surface area contributed by atoms with Gasteiger partial charge in [0.1, 0.15) is 0 Å². The summed E-state index contributed by atoms with van der Waals surface area (Å²) in [4.78, 5) is 14.4. The first-order chi connectivity index (χ1) is 9.70. The molecule has 20 heavy (non-hydrogen) atoms. The Kier molecular flexibility index (Phi) is 5.59. The van der Waals surface area contributed by atoms with E-state index in [1.165, 1.54) is 12.8 Å². The Morgan fingerprint density at radius 3 is 3.00 bits per heavy atom. The number of nitrogens with zero attached hydrogens (tertiary/aromatic N) is 3. The van der Waals surface area contributed by atoms with Crippen molar-refractivity contribution in [2.45, 2.75) is 39.7 Å². The number of piperidine rings is 1. The van der Waals surface area contributed by atoms with Crippen LogP contribution in [-0.2, 0) is 6.54 Å². The molecular formula is C15H26N4O. The summed E-state index contributed by atoms with van der Waals surface area (Å²) in [6, 6.07) is 1.73. The van der Waals surface area contributed by atoms with Gasteiger partial charge >= 0.3 is 0 Å². The van der Waals surface area contributed by atoms with Crippen LogP contribution in [0.4, 0.5) is 5.69 Å². The summed E-state index contributed by atoms with van der Waals surface area (Å²) in [5, 5.41) is 7.58. The van der Waals surface area contributed by atoms with E-state index in [0.29, 0.717) is 12.5 Å². The van der Waals surface area contributed by atoms with Crippen molar-refractivity contribution in [3.63, 3.8) is 0 Å². The quantitative estimate of drug-likeness (QED) is 0.801. The second kappa shape index (κ2) is 7.43. The molecule has 0 spiro atoms. The van der Waals surface area contributed by atoms with Crippen molar-refractivity contribution in [2.24, 2.45) is 5.92 Å². The molecule has 1 aromatic rings. The van der Waals surface area contributed by atoms with Crippen molar-refractivity contribution >= 4 is 5.69 Å². The van der Waals surface area contributed by atoms with Crippen molar-refractivity contribution < 1.29 is 0 Å². The van der Waals surface area contributed by atoms with Gasteiger partial charge in [0.25, 0.3) is 5.56 Å². The lowest BCUT2D eigenvalue weighted by Gasteiger charge is -2.32. The van der Waals surface area contributed by atoms with Crippen LogP contribution in [0.2, 0.25) is 0 Å². The highest BCUT2D eigenvalue weighted by molar-refractivity contribution is 5.43. The molecule has 1 unspecified atom stereocenters. The highest BCUT2D eigenvalue weighted by Gasteiger charge is 2.17. The summed E-state index contributed by atoms with van der Waals surface area (Å²) in [5.74, 6) is 0.699. The van der Waals surface area contributed by atoms with Crippen LogP contribution in [0.15, 0.2) is 17.1 Å². The van der Waals surface area contributed by atoms with Crippen LogP contribution in [-0.4, -0.2) is 36.0 Å². The predicted molar refractivity (Wildman–Crippen MR) is 82.3 cm³/mol. The molecule has 0 aliphatic carbocycles. The summed E-state index contributed by atoms with van der Waals surface area (Å²) in [6.07, 6.45) is 5.42. The van der Waals surface area contributed by atoms with Crippen molar-refractivity contribution in [3.05, 3.63) is 22.6 Å². The van der Waals surface area contributed by atoms with Crippen LogP contribution in [0.1, 0.15) is 33.1 Å². The Hall–Kier alpha value is -1.36. The van der Waals surface area contributed by atoms with E-state index < -0.39 is 0 Å². The summed E-state index contributed by atoms with van der Waals surface area (Å²) in [7, 11) is 0. The molecule has 1 aliphatic heterocycles. The van der Waals surface area contributed by atoms with Crippen LogP contribution in [0.3, 0.4) is 0 Å². The van der Waals surface area contributed by atoms with Crippen molar-refractivity contribution in [1.29, 1.82) is 0 Å². The van der Waals surface area contributed by atoms with E-state index in [4.69, 9.17) is 0 Å². The lowest BCUT2D eigenvalue weighted by atomic mass is 10.00. The van der Waals surface area contributed by atoms with Crippen LogP contribution in [0.5, 0.6) is 0 Å². The van der Waals surface area contributed by atoms with E-state index in [2.05, 4.69) is 29.2 Å². The maximum absolute atomic E-state index is 12.1. The topological polar surface area (TPSA) is 50.2 Å². The molecule has 112 valence electrons. The summed E-state index contributed by atoms with van der Waals surface area (Å²) >= 11 is 0. The third-order valence-electron chi connectivity index (χ3n) is 3.80. The first-order valence-electron chi connectivity index (χ1n) is 7.73. The molecule has 0 radical (unpaired) electrons. The van der Waals surface area contributed by atoms with E-state index >= 15 is 0 Å². The standard InChI is InChI=1S/C15H26N4O/c1-3-6-16-7-9-19-15(20)10-14(11-17-19)18-8-4-5-13(2)12-18/h10-11,13,16H,3-9,12H2,1-2H3. The highest BCUT2D eigenvalue weighted by atomic mass is 16.1. The molecular weight excluding hydrogens is 252 g/mol. The van der Waals surface area contributed by atoms with Crippen molar-refractivity contribution in [2.75, 3.05) is 31.1 Å². The van der Waals surface area contributed by atoms with Gasteiger partial charge in [0.05, 0.1) is 18.4 Å². The van der Waals surface area contributed by atoms with Crippen molar-refractivity contribution in [1.82, 2.24) is 15.1 Å². The van der Waals surface area contributed by atoms with Gasteiger partial charge in [-0.2, -0.15) is 5.10 Å². The normalized spacial score (nSPS) is 19.3. The SMILES string of the molecule is CCCNCCn1ncc(N2CCCC(C)C2)cc1=O. The minimum atomic E-state index is -0.000903. The number of rotatable bonds is 6. The number of aromatic nitrogens is 2. The Morgan fingerprint density at radius 2 is 2.30 bits per heavy atom. The first-order valence-corrected chi connectivity index (χ1v) is 7.73. The zero-order valence-electron chi connectivity index (χ0n) is 12.6. The molecule has 0 amide bonds. The van der Waals surface area contributed by atoms with Crippen molar-refractivity contribution in [3.8, 4) is 0 Å². The van der Waals surface area contributed by atoms with Gasteiger partial charge in [0.2, 0.25) is 0 Å². The number of hydrogen-bond acceptors (Lipinski definition) is 4. The van der Waals surface area contributed by atoms with Crippen LogP contribution >= 0.6 is 0 Å². The molecule has 1 saturated heterocycles. The Balaban J connectivity index is 1.96. The van der Waals surface area contributed by atoms with Crippen LogP contribution in [0.25, 0.3) is 0 Å². The maximum Gasteiger partial charge on any atom is 0.268 e. The fraction of sp³-hybridized carbons (Fsp3) is 0.733. The van der Waals surface area contributed by atoms with E-state index in [1.54, 1.807) is 10.7 Å². The van der Waals surface area contributed by atoms with Gasteiger partial charge in [-0.3, -0.25) is 4.79 Å². The molecule has 1 atom stereocenters. The molecule has 1 fully saturated rings. The monoisotopic (exact) mass is 278 g/mol. The molecule has 5 heteroatoms. The zero-order valence-corrected chi connectivity index (χ0v) is 12.6. The third-order valence-corrected chi connectivity index (χ3v) is 3.80. The molecule has 1 N–H and O–H groups in total. The van der Waals surface area contributed by atoms with Crippen LogP contribution < -0.4 is 15.8 Å². The highest BCUT2D eigenvalue weighted by Crippen LogP contribution is 2.20. The molecule has 0 aromatic carbocycles. The third kappa shape index (κ3) is 4.07. The minimum absolute atomic E-state index is 0.000903. The molecule has 0 bridgehead atoms. The van der Waals surface area contributed by atoms with Gasteiger partial charge in [0.15, 0.2) is 0 Å². The van der Waals surface area contributed by atoms with Crippen LogP contribution in [0, 0.1) is 5.92 Å². The second-order valence-electron chi connectivity index (χ2n) is 5.72. The number of anilines is 1. The molecule has 2 heterocycles. The number of hydrogen-bond donors (Lipinski definition) is 1. The summed E-state index contributed by atoms with van der Waals surface area (Å²) < 4.78 is 1.54. The Morgan fingerprint density at radius 1 is 1.45 bits per heavy atom. The maximum atomic E-state index is 12.1. The first kappa shape index (κ1) is 15.0. The molecule has 5 nitrogen and oxygen atoms in total. The second-order valence-corrected chi connectivity index (χ2v) is 5.72. The molecule has 1 aromatic heterocycles. The van der Waals surface area contributed by atoms with E-state index in [0.717, 1.165) is 38.3 Å². The molecule has 0 saturated carbocycles. The van der Waals surface area contributed by atoms with E-state index in [9.17, 15) is 4.79 Å². The van der Waals surface area contributed by atoms with E-state index in [-0.39, 0.29) is 5.56 Å². The fourth-order valence-corrected chi connectivity index (χ4v) is 2.68. The minimum Gasteiger partial charge on any atom is -0.370 e. The average Bonchev–Trinajstić information content (AvgIpc) is 2.45. The van der Waals surface area contributed by atoms with Gasteiger partial charge in [-0.1, -0.05) is 13.8 Å². The predicted octanol–water partition coefficient (Wildman–Crippen LogP) is 1.48. The lowest BCUT2D eigenvalue weighted by molar-refractivity contribution is 0.445. The smallest absolute Gasteiger partial charge is 0.268 e. The Bertz CT molecular complexity index is 471. The van der Waals surface area contributed by atoms with Gasteiger partial charge in [-0.25, -0.2) is 4.68 Å². The van der Waals surface area contributed by atoms with Gasteiger partial charge in [-0.15, -0.1) is 0 Å². The van der Waals surface area contributed by atoms with Gasteiger partial charge in [0, 0.05) is 25.7 Å². The largest absolute Gasteiger partial charge is 0.370 e. The Labute approximate surface area is 121 Å². The van der Waals surface area contributed by atoms with Gasteiger partial charge in [-0.05, 0) is 31.7 Å². The number of nitrogens with one attached hydrogen (secondary N) is 1. The lowest BCUT2D eigenvalue weighted by Crippen LogP contribution is -2.36. The zero-order chi connectivity index (χ0) is 14.4. The van der Waals surface area contributed by atoms with Gasteiger partial charge < -0.3 is 10.2 Å². The van der Waals surface area contributed by atoms with E-state index in [1.807, 2.05) is 6.20 Å². The fourth-order valence-electron chi connectivity index (χ4n) is 2.68. The molecule has 1 aliphatic rings. The summed E-state index contributed by atoms with van der Waals surface area (Å²) in [6.45, 7) is 8.87. The summed E-state index contributed by atoms with van der Waals surface area (Å²) in [5.41, 5.74) is 0.971. The molecule has 2 rings (SSSR count).